The zero-order valence-electron chi connectivity index (χ0n) is 17.6. The highest BCUT2D eigenvalue weighted by Gasteiger charge is 2.37. The van der Waals surface area contributed by atoms with Crippen LogP contribution in [0.5, 0.6) is 0 Å². The minimum atomic E-state index is -0.902. The average Bonchev–Trinajstić information content (AvgIpc) is 3.14. The van der Waals surface area contributed by atoms with Gasteiger partial charge in [-0.25, -0.2) is 8.78 Å². The maximum absolute atomic E-state index is 13.8. The molecule has 0 bridgehead atoms. The van der Waals surface area contributed by atoms with E-state index in [0.717, 1.165) is 17.7 Å². The van der Waals surface area contributed by atoms with Crippen molar-refractivity contribution in [3.63, 3.8) is 0 Å². The smallest absolute Gasteiger partial charge is 0.254 e. The number of carbonyl (C=O) groups is 3. The van der Waals surface area contributed by atoms with Gasteiger partial charge < -0.3 is 15.1 Å². The molecule has 2 fully saturated rings. The molecule has 2 aromatic rings. The van der Waals surface area contributed by atoms with Gasteiger partial charge in [0.1, 0.15) is 11.6 Å². The molecule has 0 radical (unpaired) electrons. The highest BCUT2D eigenvalue weighted by Crippen LogP contribution is 2.24. The van der Waals surface area contributed by atoms with Gasteiger partial charge in [0.2, 0.25) is 11.8 Å². The molecule has 0 aromatic heterocycles. The van der Waals surface area contributed by atoms with Crippen molar-refractivity contribution in [2.75, 3.05) is 19.6 Å². The number of nitrogens with zero attached hydrogens (tertiary/aromatic N) is 2. The molecule has 2 aromatic carbocycles. The molecular weight excluding hydrogens is 416 g/mol. The molecule has 0 saturated carbocycles. The zero-order chi connectivity index (χ0) is 22.7. The lowest BCUT2D eigenvalue weighted by Gasteiger charge is -2.33. The number of piperidine rings is 1. The predicted molar refractivity (Wildman–Crippen MR) is 113 cm³/mol. The van der Waals surface area contributed by atoms with Crippen LogP contribution in [0.1, 0.15) is 35.2 Å². The summed E-state index contributed by atoms with van der Waals surface area (Å²) >= 11 is 0. The van der Waals surface area contributed by atoms with Crippen LogP contribution in [0.4, 0.5) is 8.78 Å². The maximum atomic E-state index is 13.8. The molecule has 6 nitrogen and oxygen atoms in total. The number of carbonyl (C=O) groups excluding carboxylic acids is 3. The van der Waals surface area contributed by atoms with Crippen molar-refractivity contribution in [2.45, 2.75) is 31.8 Å². The highest BCUT2D eigenvalue weighted by atomic mass is 19.1. The summed E-state index contributed by atoms with van der Waals surface area (Å²) in [7, 11) is 0. The van der Waals surface area contributed by atoms with Crippen LogP contribution in [0.2, 0.25) is 0 Å². The monoisotopic (exact) mass is 441 g/mol. The second-order valence-electron chi connectivity index (χ2n) is 8.36. The van der Waals surface area contributed by atoms with Crippen molar-refractivity contribution < 1.29 is 23.2 Å². The van der Waals surface area contributed by atoms with Gasteiger partial charge in [0.05, 0.1) is 11.5 Å². The van der Waals surface area contributed by atoms with Gasteiger partial charge in [-0.1, -0.05) is 30.3 Å². The van der Waals surface area contributed by atoms with Crippen molar-refractivity contribution in [3.05, 3.63) is 71.3 Å². The van der Waals surface area contributed by atoms with E-state index < -0.39 is 17.5 Å². The third-order valence-electron chi connectivity index (χ3n) is 6.10. The molecule has 168 valence electrons. The first-order valence-electron chi connectivity index (χ1n) is 10.8. The Morgan fingerprint density at radius 1 is 1.03 bits per heavy atom. The van der Waals surface area contributed by atoms with Crippen molar-refractivity contribution in [2.24, 2.45) is 5.92 Å². The van der Waals surface area contributed by atoms with Gasteiger partial charge in [-0.05, 0) is 30.5 Å². The summed E-state index contributed by atoms with van der Waals surface area (Å²) < 4.78 is 26.9. The van der Waals surface area contributed by atoms with Gasteiger partial charge in [-0.2, -0.15) is 0 Å². The summed E-state index contributed by atoms with van der Waals surface area (Å²) in [5.41, 5.74) is 0.830. The van der Waals surface area contributed by atoms with E-state index in [9.17, 15) is 23.2 Å². The summed E-state index contributed by atoms with van der Waals surface area (Å²) in [5.74, 6) is -2.64. The van der Waals surface area contributed by atoms with E-state index in [4.69, 9.17) is 0 Å². The Balaban J connectivity index is 1.27. The van der Waals surface area contributed by atoms with E-state index in [0.29, 0.717) is 45.1 Å². The summed E-state index contributed by atoms with van der Waals surface area (Å²) in [6.07, 6.45) is 1.29. The lowest BCUT2D eigenvalue weighted by Crippen LogP contribution is -2.48. The molecule has 1 unspecified atom stereocenters. The molecule has 2 aliphatic rings. The number of halogens is 2. The quantitative estimate of drug-likeness (QED) is 0.776. The van der Waals surface area contributed by atoms with Crippen LogP contribution >= 0.6 is 0 Å². The number of hydrogen-bond acceptors (Lipinski definition) is 3. The number of likely N-dealkylation sites (tertiary alicyclic amines) is 2. The fraction of sp³-hybridized carbons (Fsp3) is 0.375. The summed E-state index contributed by atoms with van der Waals surface area (Å²) in [4.78, 5) is 41.1. The molecular formula is C24H25F2N3O3. The average molecular weight is 441 g/mol. The normalized spacial score (nSPS) is 19.3. The Hall–Kier alpha value is -3.29. The van der Waals surface area contributed by atoms with Crippen molar-refractivity contribution >= 4 is 17.7 Å². The third-order valence-corrected chi connectivity index (χ3v) is 6.10. The van der Waals surface area contributed by atoms with Gasteiger partial charge in [0, 0.05) is 44.7 Å². The Kier molecular flexibility index (Phi) is 6.48. The van der Waals surface area contributed by atoms with Crippen LogP contribution in [0.25, 0.3) is 0 Å². The van der Waals surface area contributed by atoms with E-state index in [1.54, 1.807) is 9.80 Å². The second-order valence-corrected chi connectivity index (χ2v) is 8.36. The maximum Gasteiger partial charge on any atom is 0.254 e. The van der Waals surface area contributed by atoms with Gasteiger partial charge in [0.15, 0.2) is 0 Å². The molecule has 4 rings (SSSR count). The third kappa shape index (κ3) is 4.95. The molecule has 3 amide bonds. The van der Waals surface area contributed by atoms with Crippen LogP contribution < -0.4 is 5.32 Å². The number of rotatable bonds is 5. The van der Waals surface area contributed by atoms with Crippen molar-refractivity contribution in [1.82, 2.24) is 15.1 Å². The van der Waals surface area contributed by atoms with Crippen LogP contribution in [0.3, 0.4) is 0 Å². The Bertz CT molecular complexity index is 1010. The first-order valence-corrected chi connectivity index (χ1v) is 10.8. The fourth-order valence-corrected chi connectivity index (χ4v) is 4.33. The van der Waals surface area contributed by atoms with Crippen LogP contribution in [0.15, 0.2) is 48.5 Å². The fourth-order valence-electron chi connectivity index (χ4n) is 4.33. The molecule has 2 saturated heterocycles. The molecule has 1 N–H and O–H groups in total. The predicted octanol–water partition coefficient (Wildman–Crippen LogP) is 2.73. The summed E-state index contributed by atoms with van der Waals surface area (Å²) in [5, 5.41) is 2.76. The standard InChI is InChI=1S/C24H25F2N3O3/c25-18-6-7-20(21(26)13-18)23(31)27-19-8-10-28(11-9-19)24(32)17-12-22(30)29(15-17)14-16-4-2-1-3-5-16/h1-7,13,17,19H,8-12,14-15H2,(H,27,31). The molecule has 2 aliphatic heterocycles. The van der Waals surface area contributed by atoms with E-state index in [1.807, 2.05) is 30.3 Å². The van der Waals surface area contributed by atoms with Crippen molar-refractivity contribution in [3.8, 4) is 0 Å². The number of amides is 3. The number of hydrogen-bond donors (Lipinski definition) is 1. The lowest BCUT2D eigenvalue weighted by atomic mass is 10.0. The SMILES string of the molecule is O=C(NC1CCN(C(=O)C2CC(=O)N(Cc3ccccc3)C2)CC1)c1ccc(F)cc1F. The van der Waals surface area contributed by atoms with Crippen LogP contribution in [-0.2, 0) is 16.1 Å². The molecule has 2 heterocycles. The minimum Gasteiger partial charge on any atom is -0.349 e. The minimum absolute atomic E-state index is 0.0179. The Morgan fingerprint density at radius 3 is 2.44 bits per heavy atom. The first kappa shape index (κ1) is 21.9. The Morgan fingerprint density at radius 2 is 1.75 bits per heavy atom. The second kappa shape index (κ2) is 9.46. The summed E-state index contributed by atoms with van der Waals surface area (Å²) in [6, 6.07) is 12.3. The molecule has 8 heteroatoms. The largest absolute Gasteiger partial charge is 0.349 e. The van der Waals surface area contributed by atoms with E-state index >= 15 is 0 Å². The highest BCUT2D eigenvalue weighted by molar-refractivity contribution is 5.94. The van der Waals surface area contributed by atoms with Gasteiger partial charge in [-0.3, -0.25) is 14.4 Å². The summed E-state index contributed by atoms with van der Waals surface area (Å²) in [6.45, 7) is 1.82. The molecule has 1 atom stereocenters. The van der Waals surface area contributed by atoms with E-state index in [-0.39, 0.29) is 35.8 Å². The van der Waals surface area contributed by atoms with Crippen LogP contribution in [0, 0.1) is 17.6 Å². The number of benzene rings is 2. The lowest BCUT2D eigenvalue weighted by molar-refractivity contribution is -0.136. The van der Waals surface area contributed by atoms with Gasteiger partial charge >= 0.3 is 0 Å². The molecule has 0 aliphatic carbocycles. The van der Waals surface area contributed by atoms with E-state index in [2.05, 4.69) is 5.32 Å². The molecule has 32 heavy (non-hydrogen) atoms. The first-order chi connectivity index (χ1) is 15.4. The van der Waals surface area contributed by atoms with Crippen LogP contribution in [-0.4, -0.2) is 53.2 Å². The van der Waals surface area contributed by atoms with Gasteiger partial charge in [0.25, 0.3) is 5.91 Å². The Labute approximate surface area is 185 Å². The zero-order valence-corrected chi connectivity index (χ0v) is 17.6. The van der Waals surface area contributed by atoms with Gasteiger partial charge in [-0.15, -0.1) is 0 Å². The molecule has 0 spiro atoms. The topological polar surface area (TPSA) is 69.7 Å². The van der Waals surface area contributed by atoms with E-state index in [1.165, 1.54) is 0 Å². The number of nitrogens with one attached hydrogen (secondary N) is 1. The van der Waals surface area contributed by atoms with Crippen molar-refractivity contribution in [1.29, 1.82) is 0 Å².